The molecule has 0 radical (unpaired) electrons. The molecular formula is C13H15N. The molecule has 72 valence electrons. The topological polar surface area (TPSA) is 12.0 Å². The molecule has 1 fully saturated rings. The van der Waals surface area contributed by atoms with Gasteiger partial charge in [0, 0.05) is 6.54 Å². The van der Waals surface area contributed by atoms with Gasteiger partial charge in [0.15, 0.2) is 0 Å². The van der Waals surface area contributed by atoms with Crippen molar-refractivity contribution in [2.75, 3.05) is 6.54 Å². The van der Waals surface area contributed by atoms with E-state index in [0.29, 0.717) is 6.54 Å². The van der Waals surface area contributed by atoms with Gasteiger partial charge in [-0.15, -0.1) is 6.42 Å². The van der Waals surface area contributed by atoms with E-state index in [0.717, 1.165) is 12.5 Å². The molecule has 0 bridgehead atoms. The summed E-state index contributed by atoms with van der Waals surface area (Å²) in [6.45, 7) is 1.53. The highest BCUT2D eigenvalue weighted by atomic mass is 14.8. The summed E-state index contributed by atoms with van der Waals surface area (Å²) in [5.41, 5.74) is 2.83. The molecule has 0 aliphatic heterocycles. The van der Waals surface area contributed by atoms with Gasteiger partial charge in [-0.2, -0.15) is 0 Å². The first-order valence-electron chi connectivity index (χ1n) is 5.13. The second kappa shape index (κ2) is 4.30. The van der Waals surface area contributed by atoms with Crippen LogP contribution in [0.4, 0.5) is 0 Å². The Morgan fingerprint density at radius 1 is 1.43 bits per heavy atom. The third-order valence-electron chi connectivity index (χ3n) is 2.56. The van der Waals surface area contributed by atoms with E-state index in [1.165, 1.54) is 24.0 Å². The van der Waals surface area contributed by atoms with Crippen molar-refractivity contribution in [3.05, 3.63) is 35.4 Å². The Morgan fingerprint density at radius 2 is 2.29 bits per heavy atom. The molecule has 1 nitrogen and oxygen atoms in total. The predicted octanol–water partition coefficient (Wildman–Crippen LogP) is 2.29. The minimum Gasteiger partial charge on any atom is -0.302 e. The molecule has 0 atom stereocenters. The molecule has 0 heterocycles. The van der Waals surface area contributed by atoms with Crippen molar-refractivity contribution in [1.29, 1.82) is 0 Å². The summed E-state index contributed by atoms with van der Waals surface area (Å²) in [5, 5.41) is 3.20. The molecular weight excluding hydrogens is 170 g/mol. The molecule has 2 rings (SSSR count). The molecule has 14 heavy (non-hydrogen) atoms. The summed E-state index contributed by atoms with van der Waals surface area (Å²) in [7, 11) is 0. The summed E-state index contributed by atoms with van der Waals surface area (Å²) in [4.78, 5) is 0. The molecule has 1 aromatic rings. The third kappa shape index (κ3) is 2.37. The van der Waals surface area contributed by atoms with E-state index in [1.54, 1.807) is 0 Å². The van der Waals surface area contributed by atoms with Crippen molar-refractivity contribution in [1.82, 2.24) is 5.32 Å². The Balaban J connectivity index is 1.96. The van der Waals surface area contributed by atoms with Gasteiger partial charge in [0.05, 0.1) is 6.54 Å². The third-order valence-corrected chi connectivity index (χ3v) is 2.56. The van der Waals surface area contributed by atoms with Crippen LogP contribution in [0, 0.1) is 12.3 Å². The van der Waals surface area contributed by atoms with Gasteiger partial charge in [-0.1, -0.05) is 30.2 Å². The lowest BCUT2D eigenvalue weighted by Gasteiger charge is -2.04. The Labute approximate surface area is 85.5 Å². The average molecular weight is 185 g/mol. The molecule has 0 amide bonds. The molecule has 1 aliphatic rings. The highest BCUT2D eigenvalue weighted by molar-refractivity contribution is 5.29. The highest BCUT2D eigenvalue weighted by Crippen LogP contribution is 2.40. The Kier molecular flexibility index (Phi) is 2.86. The summed E-state index contributed by atoms with van der Waals surface area (Å²) in [5.74, 6) is 3.41. The van der Waals surface area contributed by atoms with Crippen molar-refractivity contribution in [3.63, 3.8) is 0 Å². The maximum absolute atomic E-state index is 5.17. The summed E-state index contributed by atoms with van der Waals surface area (Å²) < 4.78 is 0. The Bertz CT molecular complexity index is 344. The molecule has 1 saturated carbocycles. The van der Waals surface area contributed by atoms with Crippen LogP contribution in [0.2, 0.25) is 0 Å². The monoisotopic (exact) mass is 185 g/mol. The van der Waals surface area contributed by atoms with Crippen LogP contribution in [0.3, 0.4) is 0 Å². The van der Waals surface area contributed by atoms with Crippen LogP contribution in [-0.4, -0.2) is 6.54 Å². The van der Waals surface area contributed by atoms with Crippen LogP contribution in [0.1, 0.15) is 29.9 Å². The van der Waals surface area contributed by atoms with E-state index in [9.17, 15) is 0 Å². The number of hydrogen-bond acceptors (Lipinski definition) is 1. The van der Waals surface area contributed by atoms with Crippen LogP contribution in [0.25, 0.3) is 0 Å². The zero-order chi connectivity index (χ0) is 9.80. The fourth-order valence-corrected chi connectivity index (χ4v) is 1.65. The van der Waals surface area contributed by atoms with Gasteiger partial charge < -0.3 is 5.32 Å². The fraction of sp³-hybridized carbons (Fsp3) is 0.385. The largest absolute Gasteiger partial charge is 0.302 e. The predicted molar refractivity (Wildman–Crippen MR) is 59.0 cm³/mol. The van der Waals surface area contributed by atoms with Crippen molar-refractivity contribution >= 4 is 0 Å². The standard InChI is InChI=1S/C13H15N/c1-2-8-14-10-11-4-3-5-13(9-11)12-6-7-12/h1,3-5,9,12,14H,6-8,10H2. The van der Waals surface area contributed by atoms with Gasteiger partial charge in [0.25, 0.3) is 0 Å². The normalized spacial score (nSPS) is 15.1. The van der Waals surface area contributed by atoms with Gasteiger partial charge in [-0.25, -0.2) is 0 Å². The van der Waals surface area contributed by atoms with Crippen LogP contribution in [0.5, 0.6) is 0 Å². The van der Waals surface area contributed by atoms with Gasteiger partial charge in [-0.3, -0.25) is 0 Å². The lowest BCUT2D eigenvalue weighted by molar-refractivity contribution is 0.769. The summed E-state index contributed by atoms with van der Waals surface area (Å²) in [6.07, 6.45) is 7.89. The molecule has 1 aromatic carbocycles. The first kappa shape index (κ1) is 9.30. The minimum absolute atomic E-state index is 0.646. The quantitative estimate of drug-likeness (QED) is 0.560. The van der Waals surface area contributed by atoms with Crippen LogP contribution in [-0.2, 0) is 6.54 Å². The number of terminal acetylenes is 1. The lowest BCUT2D eigenvalue weighted by Crippen LogP contribution is -2.12. The first-order chi connectivity index (χ1) is 6.90. The highest BCUT2D eigenvalue weighted by Gasteiger charge is 2.23. The van der Waals surface area contributed by atoms with Crippen LogP contribution >= 0.6 is 0 Å². The van der Waals surface area contributed by atoms with E-state index in [-0.39, 0.29) is 0 Å². The first-order valence-corrected chi connectivity index (χ1v) is 5.13. The van der Waals surface area contributed by atoms with E-state index in [1.807, 2.05) is 0 Å². The van der Waals surface area contributed by atoms with Crippen molar-refractivity contribution in [2.45, 2.75) is 25.3 Å². The maximum Gasteiger partial charge on any atom is 0.0576 e. The van der Waals surface area contributed by atoms with Crippen molar-refractivity contribution < 1.29 is 0 Å². The number of benzene rings is 1. The Hall–Kier alpha value is -1.26. The zero-order valence-corrected chi connectivity index (χ0v) is 8.29. The number of nitrogens with one attached hydrogen (secondary N) is 1. The Morgan fingerprint density at radius 3 is 3.00 bits per heavy atom. The fourth-order valence-electron chi connectivity index (χ4n) is 1.65. The second-order valence-electron chi connectivity index (χ2n) is 3.83. The SMILES string of the molecule is C#CCNCc1cccc(C2CC2)c1. The molecule has 1 heteroatoms. The van der Waals surface area contributed by atoms with Crippen LogP contribution < -0.4 is 5.32 Å². The van der Waals surface area contributed by atoms with Gasteiger partial charge in [-0.05, 0) is 29.9 Å². The molecule has 0 aromatic heterocycles. The molecule has 0 spiro atoms. The molecule has 1 aliphatic carbocycles. The van der Waals surface area contributed by atoms with Crippen molar-refractivity contribution in [3.8, 4) is 12.3 Å². The smallest absolute Gasteiger partial charge is 0.0576 e. The average Bonchev–Trinajstić information content (AvgIpc) is 3.02. The van der Waals surface area contributed by atoms with Crippen LogP contribution in [0.15, 0.2) is 24.3 Å². The van der Waals surface area contributed by atoms with Gasteiger partial charge >= 0.3 is 0 Å². The summed E-state index contributed by atoms with van der Waals surface area (Å²) in [6, 6.07) is 8.81. The molecule has 0 unspecified atom stereocenters. The van der Waals surface area contributed by atoms with E-state index in [2.05, 4.69) is 35.5 Å². The summed E-state index contributed by atoms with van der Waals surface area (Å²) >= 11 is 0. The zero-order valence-electron chi connectivity index (χ0n) is 8.29. The van der Waals surface area contributed by atoms with Crippen molar-refractivity contribution in [2.24, 2.45) is 0 Å². The second-order valence-corrected chi connectivity index (χ2v) is 3.83. The van der Waals surface area contributed by atoms with Gasteiger partial charge in [0.1, 0.15) is 0 Å². The lowest BCUT2D eigenvalue weighted by atomic mass is 10.1. The number of hydrogen-bond donors (Lipinski definition) is 1. The van der Waals surface area contributed by atoms with E-state index >= 15 is 0 Å². The van der Waals surface area contributed by atoms with Gasteiger partial charge in [0.2, 0.25) is 0 Å². The number of rotatable bonds is 4. The maximum atomic E-state index is 5.17. The molecule has 0 saturated heterocycles. The van der Waals surface area contributed by atoms with E-state index < -0.39 is 0 Å². The van der Waals surface area contributed by atoms with E-state index in [4.69, 9.17) is 6.42 Å². The molecule has 1 N–H and O–H groups in total. The minimum atomic E-state index is 0.646.